The molecule has 0 amide bonds. The summed E-state index contributed by atoms with van der Waals surface area (Å²) in [6, 6.07) is 20.4. The van der Waals surface area contributed by atoms with Gasteiger partial charge >= 0.3 is 0 Å². The minimum absolute atomic E-state index is 0.0392. The Kier molecular flexibility index (Phi) is 5.14. The number of aryl methyl sites for hydroxylation is 1. The first-order chi connectivity index (χ1) is 12.0. The summed E-state index contributed by atoms with van der Waals surface area (Å²) in [6.07, 6.45) is 3.37. The first-order valence-corrected chi connectivity index (χ1v) is 9.65. The molecule has 0 saturated heterocycles. The molecule has 0 aliphatic rings. The van der Waals surface area contributed by atoms with E-state index in [0.717, 1.165) is 16.7 Å². The highest BCUT2D eigenvalue weighted by molar-refractivity contribution is 7.92. The van der Waals surface area contributed by atoms with E-state index in [1.807, 2.05) is 73.7 Å². The molecule has 0 N–H and O–H groups in total. The zero-order chi connectivity index (χ0) is 17.7. The number of rotatable bonds is 6. The Morgan fingerprint density at radius 1 is 0.880 bits per heavy atom. The number of para-hydroxylation sites is 1. The molecule has 0 unspecified atom stereocenters. The van der Waals surface area contributed by atoms with Gasteiger partial charge in [0.25, 0.3) is 0 Å². The Morgan fingerprint density at radius 2 is 1.60 bits per heavy atom. The maximum atomic E-state index is 13.1. The zero-order valence-electron chi connectivity index (χ0n) is 14.0. The van der Waals surface area contributed by atoms with Gasteiger partial charge in [-0.15, -0.1) is 0 Å². The van der Waals surface area contributed by atoms with Crippen LogP contribution < -0.4 is 4.31 Å². The minimum Gasteiger partial charge on any atom is -0.265 e. The van der Waals surface area contributed by atoms with Crippen LogP contribution in [0.5, 0.6) is 0 Å². The van der Waals surface area contributed by atoms with E-state index in [0.29, 0.717) is 5.69 Å². The molecule has 0 bridgehead atoms. The van der Waals surface area contributed by atoms with Crippen LogP contribution in [0.1, 0.15) is 16.7 Å². The second-order valence-electron chi connectivity index (χ2n) is 5.95. The lowest BCUT2D eigenvalue weighted by molar-refractivity contribution is 0.589. The molecule has 5 heteroatoms. The Balaban J connectivity index is 1.93. The first-order valence-electron chi connectivity index (χ1n) is 8.04. The van der Waals surface area contributed by atoms with Crippen molar-refractivity contribution in [1.29, 1.82) is 0 Å². The highest BCUT2D eigenvalue weighted by Gasteiger charge is 2.23. The molecule has 0 aliphatic carbocycles. The Labute approximate surface area is 148 Å². The van der Waals surface area contributed by atoms with Crippen LogP contribution >= 0.6 is 0 Å². The van der Waals surface area contributed by atoms with Crippen molar-refractivity contribution in [3.05, 3.63) is 95.8 Å². The van der Waals surface area contributed by atoms with E-state index in [-0.39, 0.29) is 12.3 Å². The standard InChI is InChI=1S/C20H20N2O2S/c1-17-9-11-18(12-10-17)16-25(23,24)22(20-7-3-2-4-8-20)15-19-6-5-13-21-14-19/h2-14H,15-16H2,1H3. The summed E-state index contributed by atoms with van der Waals surface area (Å²) >= 11 is 0. The zero-order valence-corrected chi connectivity index (χ0v) is 14.9. The second kappa shape index (κ2) is 7.49. The number of nitrogens with zero attached hydrogens (tertiary/aromatic N) is 2. The average molecular weight is 352 g/mol. The van der Waals surface area contributed by atoms with E-state index in [2.05, 4.69) is 4.98 Å². The van der Waals surface area contributed by atoms with E-state index in [9.17, 15) is 8.42 Å². The highest BCUT2D eigenvalue weighted by atomic mass is 32.2. The summed E-state index contributed by atoms with van der Waals surface area (Å²) in [5.41, 5.74) is 3.38. The molecule has 128 valence electrons. The predicted octanol–water partition coefficient (Wildman–Crippen LogP) is 3.93. The average Bonchev–Trinajstić information content (AvgIpc) is 2.63. The van der Waals surface area contributed by atoms with Crippen molar-refractivity contribution in [3.8, 4) is 0 Å². The third kappa shape index (κ3) is 4.45. The van der Waals surface area contributed by atoms with Gasteiger partial charge < -0.3 is 0 Å². The molecule has 2 aromatic carbocycles. The summed E-state index contributed by atoms with van der Waals surface area (Å²) in [5.74, 6) is -0.0392. The van der Waals surface area contributed by atoms with Gasteiger partial charge in [-0.3, -0.25) is 9.29 Å². The normalized spacial score (nSPS) is 11.2. The summed E-state index contributed by atoms with van der Waals surface area (Å²) in [6.45, 7) is 2.24. The van der Waals surface area contributed by atoms with Gasteiger partial charge in [0.15, 0.2) is 0 Å². The molecule has 0 atom stereocenters. The lowest BCUT2D eigenvalue weighted by Crippen LogP contribution is -2.31. The maximum Gasteiger partial charge on any atom is 0.239 e. The van der Waals surface area contributed by atoms with Crippen LogP contribution in [0, 0.1) is 6.92 Å². The lowest BCUT2D eigenvalue weighted by atomic mass is 10.2. The van der Waals surface area contributed by atoms with Crippen LogP contribution in [0.2, 0.25) is 0 Å². The quantitative estimate of drug-likeness (QED) is 0.675. The number of pyridine rings is 1. The van der Waals surface area contributed by atoms with Crippen molar-refractivity contribution in [1.82, 2.24) is 4.98 Å². The molecule has 0 spiro atoms. The fourth-order valence-electron chi connectivity index (χ4n) is 2.57. The van der Waals surface area contributed by atoms with Crippen LogP contribution in [-0.4, -0.2) is 13.4 Å². The maximum absolute atomic E-state index is 13.1. The van der Waals surface area contributed by atoms with Crippen LogP contribution in [0.25, 0.3) is 0 Å². The van der Waals surface area contributed by atoms with Crippen molar-refractivity contribution >= 4 is 15.7 Å². The monoisotopic (exact) mass is 352 g/mol. The minimum atomic E-state index is -3.53. The van der Waals surface area contributed by atoms with Gasteiger partial charge in [0, 0.05) is 12.4 Å². The third-order valence-corrected chi connectivity index (χ3v) is 5.61. The van der Waals surface area contributed by atoms with E-state index < -0.39 is 10.0 Å². The molecule has 4 nitrogen and oxygen atoms in total. The largest absolute Gasteiger partial charge is 0.265 e. The molecular formula is C20H20N2O2S. The van der Waals surface area contributed by atoms with Crippen LogP contribution in [0.15, 0.2) is 79.1 Å². The fourth-order valence-corrected chi connectivity index (χ4v) is 4.13. The molecule has 0 saturated carbocycles. The lowest BCUT2D eigenvalue weighted by Gasteiger charge is -2.24. The van der Waals surface area contributed by atoms with Crippen molar-refractivity contribution in [2.75, 3.05) is 4.31 Å². The van der Waals surface area contributed by atoms with Gasteiger partial charge in [-0.05, 0) is 36.2 Å². The Morgan fingerprint density at radius 3 is 2.24 bits per heavy atom. The van der Waals surface area contributed by atoms with Crippen LogP contribution in [-0.2, 0) is 22.3 Å². The molecule has 3 rings (SSSR count). The van der Waals surface area contributed by atoms with E-state index in [1.165, 1.54) is 4.31 Å². The highest BCUT2D eigenvalue weighted by Crippen LogP contribution is 2.23. The van der Waals surface area contributed by atoms with Crippen molar-refractivity contribution < 1.29 is 8.42 Å². The SMILES string of the molecule is Cc1ccc(CS(=O)(=O)N(Cc2cccnc2)c2ccccc2)cc1. The molecular weight excluding hydrogens is 332 g/mol. The van der Waals surface area contributed by atoms with Crippen molar-refractivity contribution in [3.63, 3.8) is 0 Å². The van der Waals surface area contributed by atoms with E-state index >= 15 is 0 Å². The van der Waals surface area contributed by atoms with Gasteiger partial charge in [-0.25, -0.2) is 8.42 Å². The van der Waals surface area contributed by atoms with Gasteiger partial charge in [-0.1, -0.05) is 54.1 Å². The molecule has 3 aromatic rings. The number of benzene rings is 2. The smallest absolute Gasteiger partial charge is 0.239 e. The number of sulfonamides is 1. The number of anilines is 1. The fraction of sp³-hybridized carbons (Fsp3) is 0.150. The van der Waals surface area contributed by atoms with Crippen LogP contribution in [0.4, 0.5) is 5.69 Å². The second-order valence-corrected chi connectivity index (χ2v) is 7.84. The third-order valence-electron chi connectivity index (χ3n) is 3.90. The Hall–Kier alpha value is -2.66. The topological polar surface area (TPSA) is 50.3 Å². The van der Waals surface area contributed by atoms with Gasteiger partial charge in [-0.2, -0.15) is 0 Å². The summed E-state index contributed by atoms with van der Waals surface area (Å²) in [7, 11) is -3.53. The van der Waals surface area contributed by atoms with Crippen molar-refractivity contribution in [2.45, 2.75) is 19.2 Å². The van der Waals surface area contributed by atoms with Gasteiger partial charge in [0.2, 0.25) is 10.0 Å². The summed E-state index contributed by atoms with van der Waals surface area (Å²) in [4.78, 5) is 4.09. The molecule has 0 aliphatic heterocycles. The molecule has 1 heterocycles. The van der Waals surface area contributed by atoms with E-state index in [4.69, 9.17) is 0 Å². The molecule has 0 fully saturated rings. The Bertz CT molecular complexity index is 909. The molecule has 1 aromatic heterocycles. The summed E-state index contributed by atoms with van der Waals surface area (Å²) in [5, 5.41) is 0. The molecule has 0 radical (unpaired) electrons. The first kappa shape index (κ1) is 17.2. The summed E-state index contributed by atoms with van der Waals surface area (Å²) < 4.78 is 27.6. The van der Waals surface area contributed by atoms with E-state index in [1.54, 1.807) is 12.4 Å². The number of hydrogen-bond donors (Lipinski definition) is 0. The molecule has 25 heavy (non-hydrogen) atoms. The number of aromatic nitrogens is 1. The van der Waals surface area contributed by atoms with Gasteiger partial charge in [0.1, 0.15) is 0 Å². The predicted molar refractivity (Wildman–Crippen MR) is 101 cm³/mol. The number of hydrogen-bond acceptors (Lipinski definition) is 3. The van der Waals surface area contributed by atoms with Crippen molar-refractivity contribution in [2.24, 2.45) is 0 Å². The van der Waals surface area contributed by atoms with Crippen LogP contribution in [0.3, 0.4) is 0 Å². The van der Waals surface area contributed by atoms with Gasteiger partial charge in [0.05, 0.1) is 18.0 Å².